The zero-order chi connectivity index (χ0) is 24.0. The van der Waals surface area contributed by atoms with Crippen molar-refractivity contribution in [3.05, 3.63) is 95.6 Å². The second-order valence-electron chi connectivity index (χ2n) is 8.19. The van der Waals surface area contributed by atoms with Crippen LogP contribution in [0.4, 0.5) is 5.69 Å². The third-order valence-electron chi connectivity index (χ3n) is 5.88. The smallest absolute Gasteiger partial charge is 0.264 e. The van der Waals surface area contributed by atoms with Crippen LogP contribution in [0, 0.1) is 0 Å². The molecule has 0 bridgehead atoms. The standard InChI is InChI=1S/C26H29N3O4S/c1-28(34(31,32)23-7-3-2-4-8-23)25-10-6-5-9-24(25)26(30)27-19-21-11-13-22(14-12-21)20-29-15-17-33-18-16-29/h2-14H,15-20H2,1H3,(H,27,30). The van der Waals surface area contributed by atoms with Crippen LogP contribution in [-0.2, 0) is 27.8 Å². The molecule has 7 nitrogen and oxygen atoms in total. The minimum absolute atomic E-state index is 0.171. The van der Waals surface area contributed by atoms with Crippen molar-refractivity contribution in [1.29, 1.82) is 0 Å². The average molecular weight is 480 g/mol. The van der Waals surface area contributed by atoms with Gasteiger partial charge in [0.25, 0.3) is 15.9 Å². The Morgan fingerprint density at radius 2 is 1.53 bits per heavy atom. The molecule has 1 amide bonds. The molecule has 34 heavy (non-hydrogen) atoms. The maximum atomic E-state index is 13.0. The molecule has 1 aliphatic heterocycles. The van der Waals surface area contributed by atoms with E-state index in [1.165, 1.54) is 24.7 Å². The fourth-order valence-electron chi connectivity index (χ4n) is 3.88. The van der Waals surface area contributed by atoms with Crippen LogP contribution in [-0.4, -0.2) is 52.6 Å². The first kappa shape index (κ1) is 23.9. The Labute approximate surface area is 201 Å². The van der Waals surface area contributed by atoms with Gasteiger partial charge in [-0.3, -0.25) is 14.0 Å². The SMILES string of the molecule is CN(c1ccccc1C(=O)NCc1ccc(CN2CCOCC2)cc1)S(=O)(=O)c1ccccc1. The van der Waals surface area contributed by atoms with Crippen molar-refractivity contribution < 1.29 is 17.9 Å². The van der Waals surface area contributed by atoms with E-state index in [-0.39, 0.29) is 10.8 Å². The first-order chi connectivity index (χ1) is 16.4. The van der Waals surface area contributed by atoms with Crippen LogP contribution in [0.25, 0.3) is 0 Å². The number of carbonyl (C=O) groups is 1. The minimum atomic E-state index is -3.79. The molecule has 1 heterocycles. The topological polar surface area (TPSA) is 79.0 Å². The number of nitrogens with one attached hydrogen (secondary N) is 1. The molecule has 8 heteroatoms. The van der Waals surface area contributed by atoms with E-state index in [1.54, 1.807) is 42.5 Å². The number of benzene rings is 3. The van der Waals surface area contributed by atoms with Gasteiger partial charge in [-0.05, 0) is 35.4 Å². The normalized spacial score (nSPS) is 14.5. The van der Waals surface area contributed by atoms with E-state index < -0.39 is 10.0 Å². The zero-order valence-electron chi connectivity index (χ0n) is 19.2. The molecule has 0 atom stereocenters. The third kappa shape index (κ3) is 5.64. The van der Waals surface area contributed by atoms with Gasteiger partial charge in [0.15, 0.2) is 0 Å². The van der Waals surface area contributed by atoms with Crippen molar-refractivity contribution >= 4 is 21.6 Å². The number of rotatable bonds is 8. The minimum Gasteiger partial charge on any atom is -0.379 e. The number of sulfonamides is 1. The fourth-order valence-corrected chi connectivity index (χ4v) is 5.11. The number of anilines is 1. The van der Waals surface area contributed by atoms with Gasteiger partial charge in [-0.25, -0.2) is 8.42 Å². The maximum Gasteiger partial charge on any atom is 0.264 e. The Kier molecular flexibility index (Phi) is 7.62. The van der Waals surface area contributed by atoms with Crippen molar-refractivity contribution in [2.45, 2.75) is 18.0 Å². The number of para-hydroxylation sites is 1. The van der Waals surface area contributed by atoms with Crippen molar-refractivity contribution in [1.82, 2.24) is 10.2 Å². The molecule has 1 N–H and O–H groups in total. The van der Waals surface area contributed by atoms with E-state index in [1.807, 2.05) is 12.1 Å². The van der Waals surface area contributed by atoms with Gasteiger partial charge in [-0.15, -0.1) is 0 Å². The summed E-state index contributed by atoms with van der Waals surface area (Å²) >= 11 is 0. The van der Waals surface area contributed by atoms with Gasteiger partial charge in [0, 0.05) is 33.2 Å². The lowest BCUT2D eigenvalue weighted by Crippen LogP contribution is -2.35. The Bertz CT molecular complexity index is 1210. The maximum absolute atomic E-state index is 13.0. The number of hydrogen-bond acceptors (Lipinski definition) is 5. The molecular weight excluding hydrogens is 450 g/mol. The quantitative estimate of drug-likeness (QED) is 0.537. The summed E-state index contributed by atoms with van der Waals surface area (Å²) in [4.78, 5) is 15.5. The van der Waals surface area contributed by atoms with Gasteiger partial charge in [-0.1, -0.05) is 54.6 Å². The molecule has 1 aliphatic rings. The molecule has 0 aliphatic carbocycles. The van der Waals surface area contributed by atoms with E-state index in [9.17, 15) is 13.2 Å². The number of nitrogens with zero attached hydrogens (tertiary/aromatic N) is 2. The predicted molar refractivity (Wildman–Crippen MR) is 132 cm³/mol. The summed E-state index contributed by atoms with van der Waals surface area (Å²) in [6.07, 6.45) is 0. The van der Waals surface area contributed by atoms with Gasteiger partial charge in [-0.2, -0.15) is 0 Å². The van der Waals surface area contributed by atoms with Crippen molar-refractivity contribution in [3.8, 4) is 0 Å². The van der Waals surface area contributed by atoms with E-state index in [0.29, 0.717) is 17.8 Å². The van der Waals surface area contributed by atoms with E-state index >= 15 is 0 Å². The first-order valence-corrected chi connectivity index (χ1v) is 12.7. The highest BCUT2D eigenvalue weighted by molar-refractivity contribution is 7.92. The summed E-state index contributed by atoms with van der Waals surface area (Å²) in [7, 11) is -2.33. The van der Waals surface area contributed by atoms with Crippen molar-refractivity contribution in [3.63, 3.8) is 0 Å². The van der Waals surface area contributed by atoms with Crippen LogP contribution in [0.15, 0.2) is 83.8 Å². The van der Waals surface area contributed by atoms with Gasteiger partial charge >= 0.3 is 0 Å². The Morgan fingerprint density at radius 3 is 2.24 bits per heavy atom. The number of amides is 1. The predicted octanol–water partition coefficient (Wildman–Crippen LogP) is 3.27. The molecule has 4 rings (SSSR count). The van der Waals surface area contributed by atoms with Crippen LogP contribution in [0.5, 0.6) is 0 Å². The monoisotopic (exact) mass is 479 g/mol. The van der Waals surface area contributed by atoms with Gasteiger partial charge < -0.3 is 10.1 Å². The number of morpholine rings is 1. The Hall–Kier alpha value is -3.20. The second kappa shape index (κ2) is 10.8. The summed E-state index contributed by atoms with van der Waals surface area (Å²) in [6.45, 7) is 4.64. The van der Waals surface area contributed by atoms with Crippen LogP contribution >= 0.6 is 0 Å². The Balaban J connectivity index is 1.42. The molecule has 0 aromatic heterocycles. The molecule has 0 unspecified atom stereocenters. The highest BCUT2D eigenvalue weighted by Crippen LogP contribution is 2.25. The summed E-state index contributed by atoms with van der Waals surface area (Å²) < 4.78 is 32.6. The summed E-state index contributed by atoms with van der Waals surface area (Å²) in [5.41, 5.74) is 2.81. The van der Waals surface area contributed by atoms with Gasteiger partial charge in [0.05, 0.1) is 29.4 Å². The lowest BCUT2D eigenvalue weighted by Gasteiger charge is -2.26. The van der Waals surface area contributed by atoms with Crippen molar-refractivity contribution in [2.75, 3.05) is 37.7 Å². The highest BCUT2D eigenvalue weighted by Gasteiger charge is 2.24. The molecule has 0 spiro atoms. The van der Waals surface area contributed by atoms with Crippen LogP contribution in [0.1, 0.15) is 21.5 Å². The van der Waals surface area contributed by atoms with E-state index in [4.69, 9.17) is 4.74 Å². The van der Waals surface area contributed by atoms with Crippen molar-refractivity contribution in [2.24, 2.45) is 0 Å². The lowest BCUT2D eigenvalue weighted by atomic mass is 10.1. The van der Waals surface area contributed by atoms with E-state index in [2.05, 4.69) is 22.3 Å². The zero-order valence-corrected chi connectivity index (χ0v) is 20.0. The average Bonchev–Trinajstić information content (AvgIpc) is 2.89. The van der Waals surface area contributed by atoms with Crippen LogP contribution in [0.3, 0.4) is 0 Å². The number of carbonyl (C=O) groups excluding carboxylic acids is 1. The fraction of sp³-hybridized carbons (Fsp3) is 0.269. The molecule has 3 aromatic carbocycles. The third-order valence-corrected chi connectivity index (χ3v) is 7.66. The summed E-state index contributed by atoms with van der Waals surface area (Å²) in [5.74, 6) is -0.330. The second-order valence-corrected chi connectivity index (χ2v) is 10.2. The largest absolute Gasteiger partial charge is 0.379 e. The number of ether oxygens (including phenoxy) is 1. The number of hydrogen-bond donors (Lipinski definition) is 1. The first-order valence-electron chi connectivity index (χ1n) is 11.2. The molecule has 1 saturated heterocycles. The summed E-state index contributed by atoms with van der Waals surface area (Å²) in [5, 5.41) is 2.92. The van der Waals surface area contributed by atoms with Gasteiger partial charge in [0.2, 0.25) is 0 Å². The molecule has 0 radical (unpaired) electrons. The Morgan fingerprint density at radius 1 is 0.912 bits per heavy atom. The van der Waals surface area contributed by atoms with Gasteiger partial charge in [0.1, 0.15) is 0 Å². The molecule has 3 aromatic rings. The lowest BCUT2D eigenvalue weighted by molar-refractivity contribution is 0.0342. The molecular formula is C26H29N3O4S. The van der Waals surface area contributed by atoms with Crippen LogP contribution < -0.4 is 9.62 Å². The molecule has 178 valence electrons. The summed E-state index contributed by atoms with van der Waals surface area (Å²) in [6, 6.07) is 23.1. The van der Waals surface area contributed by atoms with Crippen LogP contribution in [0.2, 0.25) is 0 Å². The van der Waals surface area contributed by atoms with E-state index in [0.717, 1.165) is 42.7 Å². The molecule has 0 saturated carbocycles. The molecule has 1 fully saturated rings. The highest BCUT2D eigenvalue weighted by atomic mass is 32.2.